The van der Waals surface area contributed by atoms with Crippen LogP contribution in [0.2, 0.25) is 0 Å². The molecule has 0 aromatic carbocycles. The van der Waals surface area contributed by atoms with Gasteiger partial charge in [0.25, 0.3) is 5.91 Å². The van der Waals surface area contributed by atoms with E-state index in [9.17, 15) is 4.79 Å². The average Bonchev–Trinajstić information content (AvgIpc) is 2.29. The molecule has 4 nitrogen and oxygen atoms in total. The molecule has 0 aliphatic heterocycles. The van der Waals surface area contributed by atoms with E-state index in [4.69, 9.17) is 5.73 Å². The van der Waals surface area contributed by atoms with Gasteiger partial charge in [0.2, 0.25) is 0 Å². The predicted octanol–water partition coefficient (Wildman–Crippen LogP) is 0.940. The van der Waals surface area contributed by atoms with Crippen LogP contribution in [-0.4, -0.2) is 24.0 Å². The summed E-state index contributed by atoms with van der Waals surface area (Å²) in [5.41, 5.74) is 6.34. The first-order chi connectivity index (χ1) is 7.76. The minimum atomic E-state index is -0.111. The topological polar surface area (TPSA) is 68.0 Å². The maximum Gasteiger partial charge on any atom is 0.269 e. The summed E-state index contributed by atoms with van der Waals surface area (Å²) in [6.07, 6.45) is 5.08. The number of aromatic nitrogens is 1. The lowest BCUT2D eigenvalue weighted by molar-refractivity contribution is 0.0871. The molecule has 1 aromatic rings. The average molecular weight is 219 g/mol. The molecule has 1 amide bonds. The summed E-state index contributed by atoms with van der Waals surface area (Å²) in [4.78, 5) is 15.7. The zero-order chi connectivity index (χ0) is 11.4. The first-order valence-electron chi connectivity index (χ1n) is 5.65. The molecular weight excluding hydrogens is 202 g/mol. The summed E-state index contributed by atoms with van der Waals surface area (Å²) in [5.74, 6) is -0.111. The van der Waals surface area contributed by atoms with Gasteiger partial charge < -0.3 is 11.1 Å². The van der Waals surface area contributed by atoms with Crippen molar-refractivity contribution in [2.75, 3.05) is 13.1 Å². The van der Waals surface area contributed by atoms with E-state index in [0.29, 0.717) is 18.8 Å². The van der Waals surface area contributed by atoms with Crippen LogP contribution in [-0.2, 0) is 0 Å². The Balaban J connectivity index is 1.89. The first-order valence-corrected chi connectivity index (χ1v) is 5.65. The molecule has 1 aromatic heterocycles. The minimum absolute atomic E-state index is 0.111. The Labute approximate surface area is 95.3 Å². The van der Waals surface area contributed by atoms with E-state index in [1.165, 1.54) is 6.42 Å². The molecule has 3 N–H and O–H groups in total. The molecule has 2 rings (SSSR count). The quantitative estimate of drug-likeness (QED) is 0.792. The number of hydrogen-bond acceptors (Lipinski definition) is 3. The van der Waals surface area contributed by atoms with Gasteiger partial charge in [-0.2, -0.15) is 0 Å². The Morgan fingerprint density at radius 1 is 1.50 bits per heavy atom. The van der Waals surface area contributed by atoms with Gasteiger partial charge in [-0.15, -0.1) is 0 Å². The van der Waals surface area contributed by atoms with Crippen LogP contribution in [0.1, 0.15) is 29.8 Å². The SMILES string of the molecule is NCC1(CNC(=O)c2ccccn2)CCC1. The maximum absolute atomic E-state index is 11.7. The van der Waals surface area contributed by atoms with Crippen LogP contribution < -0.4 is 11.1 Å². The van der Waals surface area contributed by atoms with Crippen molar-refractivity contribution >= 4 is 5.91 Å². The van der Waals surface area contributed by atoms with Gasteiger partial charge in [-0.3, -0.25) is 9.78 Å². The Hall–Kier alpha value is -1.42. The van der Waals surface area contributed by atoms with Crippen molar-refractivity contribution in [2.24, 2.45) is 11.1 Å². The van der Waals surface area contributed by atoms with Gasteiger partial charge in [-0.1, -0.05) is 12.5 Å². The Morgan fingerprint density at radius 2 is 2.31 bits per heavy atom. The van der Waals surface area contributed by atoms with Crippen molar-refractivity contribution < 1.29 is 4.79 Å². The van der Waals surface area contributed by atoms with Crippen LogP contribution in [0.4, 0.5) is 0 Å². The van der Waals surface area contributed by atoms with E-state index in [1.54, 1.807) is 18.3 Å². The van der Waals surface area contributed by atoms with E-state index in [-0.39, 0.29) is 11.3 Å². The van der Waals surface area contributed by atoms with Gasteiger partial charge in [-0.25, -0.2) is 0 Å². The molecule has 0 bridgehead atoms. The molecule has 0 radical (unpaired) electrons. The van der Waals surface area contributed by atoms with Gasteiger partial charge in [0.05, 0.1) is 0 Å². The fourth-order valence-electron chi connectivity index (χ4n) is 1.99. The maximum atomic E-state index is 11.7. The molecule has 1 aliphatic carbocycles. The first kappa shape index (κ1) is 11.1. The molecule has 0 unspecified atom stereocenters. The lowest BCUT2D eigenvalue weighted by atomic mass is 9.69. The highest BCUT2D eigenvalue weighted by molar-refractivity contribution is 5.92. The summed E-state index contributed by atoms with van der Waals surface area (Å²) in [7, 11) is 0. The number of nitrogens with one attached hydrogen (secondary N) is 1. The van der Waals surface area contributed by atoms with Gasteiger partial charge in [-0.05, 0) is 36.9 Å². The van der Waals surface area contributed by atoms with E-state index < -0.39 is 0 Å². The van der Waals surface area contributed by atoms with Crippen LogP contribution >= 0.6 is 0 Å². The summed E-state index contributed by atoms with van der Waals surface area (Å²) in [6.45, 7) is 1.31. The molecular formula is C12H17N3O. The smallest absolute Gasteiger partial charge is 0.269 e. The van der Waals surface area contributed by atoms with Crippen LogP contribution in [0, 0.1) is 5.41 Å². The van der Waals surface area contributed by atoms with Crippen molar-refractivity contribution in [1.82, 2.24) is 10.3 Å². The van der Waals surface area contributed by atoms with E-state index >= 15 is 0 Å². The Bertz CT molecular complexity index is 354. The van der Waals surface area contributed by atoms with Gasteiger partial charge >= 0.3 is 0 Å². The fraction of sp³-hybridized carbons (Fsp3) is 0.500. The molecule has 1 aliphatic rings. The summed E-state index contributed by atoms with van der Waals surface area (Å²) in [6, 6.07) is 5.32. The van der Waals surface area contributed by atoms with E-state index in [2.05, 4.69) is 10.3 Å². The lowest BCUT2D eigenvalue weighted by Gasteiger charge is -2.40. The van der Waals surface area contributed by atoms with E-state index in [0.717, 1.165) is 12.8 Å². The minimum Gasteiger partial charge on any atom is -0.350 e. The molecule has 16 heavy (non-hydrogen) atoms. The van der Waals surface area contributed by atoms with Crippen LogP contribution in [0.15, 0.2) is 24.4 Å². The van der Waals surface area contributed by atoms with Crippen LogP contribution in [0.25, 0.3) is 0 Å². The lowest BCUT2D eigenvalue weighted by Crippen LogP contribution is -2.47. The number of hydrogen-bond donors (Lipinski definition) is 2. The number of nitrogens with zero attached hydrogens (tertiary/aromatic N) is 1. The fourth-order valence-corrected chi connectivity index (χ4v) is 1.99. The van der Waals surface area contributed by atoms with Crippen molar-refractivity contribution in [2.45, 2.75) is 19.3 Å². The number of nitrogens with two attached hydrogens (primary N) is 1. The molecule has 0 saturated heterocycles. The van der Waals surface area contributed by atoms with Gasteiger partial charge in [0.1, 0.15) is 5.69 Å². The second-order valence-corrected chi connectivity index (χ2v) is 4.46. The largest absolute Gasteiger partial charge is 0.350 e. The van der Waals surface area contributed by atoms with E-state index in [1.807, 2.05) is 6.07 Å². The second-order valence-electron chi connectivity index (χ2n) is 4.46. The predicted molar refractivity (Wildman–Crippen MR) is 61.9 cm³/mol. The third kappa shape index (κ3) is 2.22. The molecule has 1 saturated carbocycles. The molecule has 86 valence electrons. The van der Waals surface area contributed by atoms with Crippen LogP contribution in [0.3, 0.4) is 0 Å². The third-order valence-corrected chi connectivity index (χ3v) is 3.37. The summed E-state index contributed by atoms with van der Waals surface area (Å²) in [5, 5.41) is 2.91. The Kier molecular flexibility index (Phi) is 3.19. The summed E-state index contributed by atoms with van der Waals surface area (Å²) < 4.78 is 0. The molecule has 1 heterocycles. The highest BCUT2D eigenvalue weighted by Gasteiger charge is 2.35. The van der Waals surface area contributed by atoms with Crippen molar-refractivity contribution in [1.29, 1.82) is 0 Å². The number of pyridine rings is 1. The zero-order valence-electron chi connectivity index (χ0n) is 9.28. The molecule has 4 heteroatoms. The van der Waals surface area contributed by atoms with Gasteiger partial charge in [0.15, 0.2) is 0 Å². The third-order valence-electron chi connectivity index (χ3n) is 3.37. The van der Waals surface area contributed by atoms with Crippen molar-refractivity contribution in [3.8, 4) is 0 Å². The highest BCUT2D eigenvalue weighted by Crippen LogP contribution is 2.39. The highest BCUT2D eigenvalue weighted by atomic mass is 16.1. The van der Waals surface area contributed by atoms with Crippen LogP contribution in [0.5, 0.6) is 0 Å². The summed E-state index contributed by atoms with van der Waals surface area (Å²) >= 11 is 0. The standard InChI is InChI=1S/C12H17N3O/c13-8-12(5-3-6-12)9-15-11(16)10-4-1-2-7-14-10/h1-2,4,7H,3,5-6,8-9,13H2,(H,15,16). The number of rotatable bonds is 4. The zero-order valence-corrected chi connectivity index (χ0v) is 9.28. The second kappa shape index (κ2) is 4.61. The normalized spacial score (nSPS) is 17.6. The number of amides is 1. The monoisotopic (exact) mass is 219 g/mol. The number of carbonyl (C=O) groups excluding carboxylic acids is 1. The Morgan fingerprint density at radius 3 is 2.81 bits per heavy atom. The molecule has 0 atom stereocenters. The number of carbonyl (C=O) groups is 1. The van der Waals surface area contributed by atoms with Gasteiger partial charge in [0, 0.05) is 12.7 Å². The molecule has 1 fully saturated rings. The van der Waals surface area contributed by atoms with Crippen molar-refractivity contribution in [3.63, 3.8) is 0 Å². The van der Waals surface area contributed by atoms with Crippen molar-refractivity contribution in [3.05, 3.63) is 30.1 Å². The molecule has 0 spiro atoms.